The molecule has 12 heavy (non-hydrogen) atoms. The highest BCUT2D eigenvalue weighted by Crippen LogP contribution is 2.07. The first-order valence-electron chi connectivity index (χ1n) is 4.62. The van der Waals surface area contributed by atoms with E-state index >= 15 is 0 Å². The van der Waals surface area contributed by atoms with Crippen LogP contribution >= 0.6 is 0 Å². The van der Waals surface area contributed by atoms with Crippen LogP contribution in [0.2, 0.25) is 0 Å². The van der Waals surface area contributed by atoms with Gasteiger partial charge in [-0.15, -0.1) is 0 Å². The van der Waals surface area contributed by atoms with Crippen molar-refractivity contribution in [2.45, 2.75) is 45.3 Å². The second-order valence-electron chi connectivity index (χ2n) is 3.53. The highest BCUT2D eigenvalue weighted by Gasteiger charge is 2.20. The fourth-order valence-electron chi connectivity index (χ4n) is 1.28. The summed E-state index contributed by atoms with van der Waals surface area (Å²) < 4.78 is 0. The minimum atomic E-state index is 0.0222. The normalized spacial score (nSPS) is 19.2. The molecule has 0 bridgehead atoms. The lowest BCUT2D eigenvalue weighted by Crippen LogP contribution is -2.50. The first-order valence-corrected chi connectivity index (χ1v) is 4.62. The zero-order chi connectivity index (χ0) is 9.72. The predicted molar refractivity (Wildman–Crippen MR) is 52.0 cm³/mol. The van der Waals surface area contributed by atoms with Crippen LogP contribution in [0.1, 0.15) is 27.2 Å². The lowest BCUT2D eigenvalue weighted by atomic mass is 10.1. The first kappa shape index (κ1) is 11.9. The molecule has 3 nitrogen and oxygen atoms in total. The van der Waals surface area contributed by atoms with Crippen LogP contribution in [0.4, 0.5) is 0 Å². The molecular formula is C9H22N2O. The maximum atomic E-state index is 9.09. The van der Waals surface area contributed by atoms with E-state index < -0.39 is 0 Å². The van der Waals surface area contributed by atoms with Crippen LogP contribution in [0, 0.1) is 0 Å². The number of likely N-dealkylation sites (N-methyl/N-ethyl adjacent to an activating group) is 1. The molecule has 0 heterocycles. The summed E-state index contributed by atoms with van der Waals surface area (Å²) in [6.07, 6.45) is 1.08. The molecule has 0 radical (unpaired) electrons. The number of aliphatic hydroxyl groups is 1. The molecule has 3 atom stereocenters. The van der Waals surface area contributed by atoms with Gasteiger partial charge in [0.05, 0.1) is 6.61 Å². The number of hydrogen-bond acceptors (Lipinski definition) is 3. The second-order valence-corrected chi connectivity index (χ2v) is 3.53. The SMILES string of the molecule is CCC(C)N(C)C(CO)C(C)N. The molecule has 3 N–H and O–H groups in total. The van der Waals surface area contributed by atoms with E-state index in [1.54, 1.807) is 0 Å². The van der Waals surface area contributed by atoms with Crippen molar-refractivity contribution in [3.05, 3.63) is 0 Å². The van der Waals surface area contributed by atoms with Gasteiger partial charge in [0.1, 0.15) is 0 Å². The molecule has 0 rings (SSSR count). The van der Waals surface area contributed by atoms with Crippen LogP contribution < -0.4 is 5.73 Å². The van der Waals surface area contributed by atoms with Crippen LogP contribution in [-0.4, -0.2) is 41.8 Å². The van der Waals surface area contributed by atoms with Crippen molar-refractivity contribution in [1.82, 2.24) is 4.90 Å². The number of aliphatic hydroxyl groups excluding tert-OH is 1. The van der Waals surface area contributed by atoms with Gasteiger partial charge >= 0.3 is 0 Å². The summed E-state index contributed by atoms with van der Waals surface area (Å²) in [6.45, 7) is 6.35. The minimum absolute atomic E-state index is 0.0222. The molecule has 0 aliphatic heterocycles. The monoisotopic (exact) mass is 174 g/mol. The Morgan fingerprint density at radius 1 is 1.42 bits per heavy atom. The van der Waals surface area contributed by atoms with Gasteiger partial charge in [-0.2, -0.15) is 0 Å². The Morgan fingerprint density at radius 3 is 2.17 bits per heavy atom. The Balaban J connectivity index is 4.10. The van der Waals surface area contributed by atoms with E-state index in [9.17, 15) is 0 Å². The summed E-state index contributed by atoms with van der Waals surface area (Å²) in [5.74, 6) is 0. The summed E-state index contributed by atoms with van der Waals surface area (Å²) in [7, 11) is 2.01. The van der Waals surface area contributed by atoms with Crippen molar-refractivity contribution in [1.29, 1.82) is 0 Å². The zero-order valence-corrected chi connectivity index (χ0v) is 8.62. The zero-order valence-electron chi connectivity index (χ0n) is 8.62. The maximum Gasteiger partial charge on any atom is 0.0601 e. The molecule has 74 valence electrons. The Hall–Kier alpha value is -0.120. The van der Waals surface area contributed by atoms with E-state index in [1.165, 1.54) is 0 Å². The van der Waals surface area contributed by atoms with Crippen molar-refractivity contribution in [2.24, 2.45) is 5.73 Å². The standard InChI is InChI=1S/C9H22N2O/c1-5-7(2)11(4)9(6-12)8(3)10/h7-9,12H,5-6,10H2,1-4H3. The van der Waals surface area contributed by atoms with Crippen molar-refractivity contribution in [3.8, 4) is 0 Å². The Kier molecular flexibility index (Phi) is 5.46. The van der Waals surface area contributed by atoms with Gasteiger partial charge in [0, 0.05) is 18.1 Å². The van der Waals surface area contributed by atoms with Gasteiger partial charge in [0.15, 0.2) is 0 Å². The van der Waals surface area contributed by atoms with Gasteiger partial charge in [-0.05, 0) is 27.3 Å². The second kappa shape index (κ2) is 5.51. The van der Waals surface area contributed by atoms with Crippen molar-refractivity contribution in [2.75, 3.05) is 13.7 Å². The molecule has 0 aliphatic rings. The molecule has 3 unspecified atom stereocenters. The van der Waals surface area contributed by atoms with Gasteiger partial charge < -0.3 is 10.8 Å². The third-order valence-electron chi connectivity index (χ3n) is 2.60. The molecule has 0 amide bonds. The fraction of sp³-hybridized carbons (Fsp3) is 1.00. The smallest absolute Gasteiger partial charge is 0.0601 e. The van der Waals surface area contributed by atoms with Gasteiger partial charge in [0.25, 0.3) is 0 Å². The van der Waals surface area contributed by atoms with Gasteiger partial charge in [-0.1, -0.05) is 6.92 Å². The average molecular weight is 174 g/mol. The quantitative estimate of drug-likeness (QED) is 0.635. The Morgan fingerprint density at radius 2 is 1.92 bits per heavy atom. The summed E-state index contributed by atoms with van der Waals surface area (Å²) in [5.41, 5.74) is 5.74. The molecule has 3 heteroatoms. The number of nitrogens with two attached hydrogens (primary N) is 1. The van der Waals surface area contributed by atoms with E-state index in [-0.39, 0.29) is 18.7 Å². The maximum absolute atomic E-state index is 9.09. The molecule has 0 saturated carbocycles. The fourth-order valence-corrected chi connectivity index (χ4v) is 1.28. The van der Waals surface area contributed by atoms with E-state index in [0.29, 0.717) is 6.04 Å². The van der Waals surface area contributed by atoms with E-state index in [2.05, 4.69) is 18.7 Å². The highest BCUT2D eigenvalue weighted by molar-refractivity contribution is 4.79. The highest BCUT2D eigenvalue weighted by atomic mass is 16.3. The van der Waals surface area contributed by atoms with Crippen LogP contribution in [0.3, 0.4) is 0 Å². The van der Waals surface area contributed by atoms with Gasteiger partial charge in [0.2, 0.25) is 0 Å². The number of nitrogens with zero attached hydrogens (tertiary/aromatic N) is 1. The summed E-state index contributed by atoms with van der Waals surface area (Å²) in [5, 5.41) is 9.09. The molecule has 0 aromatic heterocycles. The van der Waals surface area contributed by atoms with Crippen molar-refractivity contribution in [3.63, 3.8) is 0 Å². The largest absolute Gasteiger partial charge is 0.395 e. The Labute approximate surface area is 75.6 Å². The van der Waals surface area contributed by atoms with Crippen LogP contribution in [-0.2, 0) is 0 Å². The topological polar surface area (TPSA) is 49.5 Å². The number of rotatable bonds is 5. The average Bonchev–Trinajstić information content (AvgIpc) is 2.03. The molecular weight excluding hydrogens is 152 g/mol. The molecule has 0 fully saturated rings. The molecule has 0 spiro atoms. The molecule has 0 saturated heterocycles. The van der Waals surface area contributed by atoms with Crippen LogP contribution in [0.25, 0.3) is 0 Å². The molecule has 0 aliphatic carbocycles. The lowest BCUT2D eigenvalue weighted by Gasteiger charge is -2.33. The molecule has 0 aromatic rings. The van der Waals surface area contributed by atoms with Crippen LogP contribution in [0.5, 0.6) is 0 Å². The summed E-state index contributed by atoms with van der Waals surface area (Å²) in [6, 6.07) is 0.585. The summed E-state index contributed by atoms with van der Waals surface area (Å²) >= 11 is 0. The summed E-state index contributed by atoms with van der Waals surface area (Å²) in [4.78, 5) is 2.14. The van der Waals surface area contributed by atoms with E-state index in [0.717, 1.165) is 6.42 Å². The minimum Gasteiger partial charge on any atom is -0.395 e. The lowest BCUT2D eigenvalue weighted by molar-refractivity contribution is 0.0991. The third kappa shape index (κ3) is 3.09. The predicted octanol–water partition coefficient (Wildman–Crippen LogP) is 0.425. The van der Waals surface area contributed by atoms with E-state index in [1.807, 2.05) is 14.0 Å². The van der Waals surface area contributed by atoms with E-state index in [4.69, 9.17) is 10.8 Å². The van der Waals surface area contributed by atoms with Crippen molar-refractivity contribution < 1.29 is 5.11 Å². The third-order valence-corrected chi connectivity index (χ3v) is 2.60. The molecule has 0 aromatic carbocycles. The van der Waals surface area contributed by atoms with Gasteiger partial charge in [-0.3, -0.25) is 4.90 Å². The van der Waals surface area contributed by atoms with Crippen LogP contribution in [0.15, 0.2) is 0 Å². The van der Waals surface area contributed by atoms with Gasteiger partial charge in [-0.25, -0.2) is 0 Å². The van der Waals surface area contributed by atoms with Crippen molar-refractivity contribution >= 4 is 0 Å². The first-order chi connectivity index (χ1) is 5.54. The Bertz CT molecular complexity index is 117. The number of hydrogen-bond donors (Lipinski definition) is 2.